The van der Waals surface area contributed by atoms with Gasteiger partial charge in [0.15, 0.2) is 0 Å². The Morgan fingerprint density at radius 2 is 1.91 bits per heavy atom. The first kappa shape index (κ1) is 18.2. The molecular formula is C17H23ClN2O2S. The first-order valence-corrected chi connectivity index (χ1v) is 9.26. The maximum atomic E-state index is 12.6. The summed E-state index contributed by atoms with van der Waals surface area (Å²) in [6.07, 6.45) is 2.17. The molecule has 0 aliphatic carbocycles. The fourth-order valence-electron chi connectivity index (χ4n) is 3.05. The average molecular weight is 355 g/mol. The highest BCUT2D eigenvalue weighted by Crippen LogP contribution is 2.21. The molecule has 6 heteroatoms. The lowest BCUT2D eigenvalue weighted by molar-refractivity contribution is 0.320. The van der Waals surface area contributed by atoms with Crippen LogP contribution in [-0.4, -0.2) is 27.5 Å². The zero-order valence-electron chi connectivity index (χ0n) is 13.2. The number of piperidine rings is 1. The number of benzene rings is 2. The third-order valence-corrected chi connectivity index (χ3v) is 5.97. The molecule has 2 aromatic carbocycles. The Hall–Kier alpha value is -1.14. The summed E-state index contributed by atoms with van der Waals surface area (Å²) in [6.45, 7) is 3.86. The van der Waals surface area contributed by atoms with Gasteiger partial charge in [-0.1, -0.05) is 30.3 Å². The van der Waals surface area contributed by atoms with Crippen LogP contribution in [0.3, 0.4) is 0 Å². The molecule has 0 aromatic heterocycles. The van der Waals surface area contributed by atoms with Crippen LogP contribution in [0.5, 0.6) is 0 Å². The molecule has 0 spiro atoms. The van der Waals surface area contributed by atoms with Crippen LogP contribution in [0, 0.1) is 5.92 Å². The van der Waals surface area contributed by atoms with Gasteiger partial charge in [0.05, 0.1) is 4.90 Å². The van der Waals surface area contributed by atoms with Crippen LogP contribution < -0.4 is 10.0 Å². The SMILES string of the molecule is CC(NS(=O)(=O)c1ccc2ccccc2c1)C1CCCNC1.Cl. The summed E-state index contributed by atoms with van der Waals surface area (Å²) in [5, 5.41) is 5.32. The van der Waals surface area contributed by atoms with Crippen molar-refractivity contribution in [1.82, 2.24) is 10.0 Å². The van der Waals surface area contributed by atoms with E-state index in [1.807, 2.05) is 37.3 Å². The molecule has 0 amide bonds. The topological polar surface area (TPSA) is 58.2 Å². The highest BCUT2D eigenvalue weighted by molar-refractivity contribution is 7.89. The number of sulfonamides is 1. The molecule has 0 bridgehead atoms. The van der Waals surface area contributed by atoms with Crippen molar-refractivity contribution in [2.75, 3.05) is 13.1 Å². The van der Waals surface area contributed by atoms with Crippen LogP contribution in [0.25, 0.3) is 10.8 Å². The van der Waals surface area contributed by atoms with Crippen LogP contribution in [0.15, 0.2) is 47.4 Å². The Morgan fingerprint density at radius 1 is 1.17 bits per heavy atom. The third-order valence-electron chi connectivity index (χ3n) is 4.41. The van der Waals surface area contributed by atoms with Gasteiger partial charge < -0.3 is 5.32 Å². The van der Waals surface area contributed by atoms with Crippen LogP contribution in [0.1, 0.15) is 19.8 Å². The van der Waals surface area contributed by atoms with Gasteiger partial charge in [0, 0.05) is 6.04 Å². The van der Waals surface area contributed by atoms with Gasteiger partial charge in [0.1, 0.15) is 0 Å². The summed E-state index contributed by atoms with van der Waals surface area (Å²) in [4.78, 5) is 0.335. The summed E-state index contributed by atoms with van der Waals surface area (Å²) >= 11 is 0. The normalized spacial score (nSPS) is 20.0. The highest BCUT2D eigenvalue weighted by Gasteiger charge is 2.25. The monoisotopic (exact) mass is 354 g/mol. The molecule has 1 fully saturated rings. The molecule has 4 nitrogen and oxygen atoms in total. The zero-order chi connectivity index (χ0) is 15.6. The largest absolute Gasteiger partial charge is 0.316 e. The molecule has 2 unspecified atom stereocenters. The van der Waals surface area contributed by atoms with Gasteiger partial charge in [0.2, 0.25) is 10.0 Å². The first-order valence-electron chi connectivity index (χ1n) is 7.78. The van der Waals surface area contributed by atoms with E-state index in [0.29, 0.717) is 10.8 Å². The molecule has 23 heavy (non-hydrogen) atoms. The maximum Gasteiger partial charge on any atom is 0.240 e. The van der Waals surface area contributed by atoms with Crippen molar-refractivity contribution in [3.8, 4) is 0 Å². The van der Waals surface area contributed by atoms with E-state index in [0.717, 1.165) is 36.7 Å². The quantitative estimate of drug-likeness (QED) is 0.887. The predicted molar refractivity (Wildman–Crippen MR) is 96.6 cm³/mol. The second-order valence-electron chi connectivity index (χ2n) is 6.03. The minimum atomic E-state index is -3.48. The smallest absolute Gasteiger partial charge is 0.240 e. The minimum absolute atomic E-state index is 0. The molecule has 0 radical (unpaired) electrons. The Bertz CT molecular complexity index is 758. The fraction of sp³-hybridized carbons (Fsp3) is 0.412. The van der Waals surface area contributed by atoms with Crippen molar-refractivity contribution in [1.29, 1.82) is 0 Å². The Kier molecular flexibility index (Phi) is 6.03. The number of fused-ring (bicyclic) bond motifs is 1. The molecule has 2 atom stereocenters. The summed E-state index contributed by atoms with van der Waals surface area (Å²) in [7, 11) is -3.48. The second-order valence-corrected chi connectivity index (χ2v) is 7.74. The van der Waals surface area contributed by atoms with Crippen LogP contribution in [0.4, 0.5) is 0 Å². The van der Waals surface area contributed by atoms with E-state index in [4.69, 9.17) is 0 Å². The molecule has 2 N–H and O–H groups in total. The van der Waals surface area contributed by atoms with E-state index in [1.165, 1.54) is 0 Å². The van der Waals surface area contributed by atoms with Crippen molar-refractivity contribution in [3.05, 3.63) is 42.5 Å². The first-order chi connectivity index (χ1) is 10.6. The van der Waals surface area contributed by atoms with Gasteiger partial charge in [0.25, 0.3) is 0 Å². The lowest BCUT2D eigenvalue weighted by Gasteiger charge is -2.28. The standard InChI is InChI=1S/C17H22N2O2S.ClH/c1-13(16-7-4-10-18-12-16)19-22(20,21)17-9-8-14-5-2-3-6-15(14)11-17;/h2-3,5-6,8-9,11,13,16,18-19H,4,7,10,12H2,1H3;1H. The van der Waals surface area contributed by atoms with Gasteiger partial charge >= 0.3 is 0 Å². The lowest BCUT2D eigenvalue weighted by Crippen LogP contribution is -2.44. The van der Waals surface area contributed by atoms with Gasteiger partial charge in [-0.15, -0.1) is 12.4 Å². The molecule has 1 heterocycles. The highest BCUT2D eigenvalue weighted by atomic mass is 35.5. The Balaban J connectivity index is 0.00000192. The molecule has 0 saturated carbocycles. The van der Waals surface area contributed by atoms with Crippen molar-refractivity contribution < 1.29 is 8.42 Å². The molecule has 1 saturated heterocycles. The third kappa shape index (κ3) is 4.23. The van der Waals surface area contributed by atoms with E-state index in [1.54, 1.807) is 12.1 Å². The Labute approximate surface area is 144 Å². The number of hydrogen-bond donors (Lipinski definition) is 2. The summed E-state index contributed by atoms with van der Waals surface area (Å²) in [5.74, 6) is 0.351. The predicted octanol–water partition coefficient (Wildman–Crippen LogP) is 2.93. The van der Waals surface area contributed by atoms with Crippen LogP contribution in [0.2, 0.25) is 0 Å². The molecule has 126 valence electrons. The molecule has 3 rings (SSSR count). The number of hydrogen-bond acceptors (Lipinski definition) is 3. The average Bonchev–Trinajstić information content (AvgIpc) is 2.55. The van der Waals surface area contributed by atoms with E-state index in [9.17, 15) is 8.42 Å². The summed E-state index contributed by atoms with van der Waals surface area (Å²) in [5.41, 5.74) is 0. The van der Waals surface area contributed by atoms with Crippen molar-refractivity contribution >= 4 is 33.2 Å². The fourth-order valence-corrected chi connectivity index (χ4v) is 4.40. The van der Waals surface area contributed by atoms with E-state index in [2.05, 4.69) is 10.0 Å². The van der Waals surface area contributed by atoms with Crippen molar-refractivity contribution in [3.63, 3.8) is 0 Å². The maximum absolute atomic E-state index is 12.6. The molecular weight excluding hydrogens is 332 g/mol. The molecule has 2 aromatic rings. The van der Waals surface area contributed by atoms with E-state index in [-0.39, 0.29) is 18.4 Å². The zero-order valence-corrected chi connectivity index (χ0v) is 14.8. The number of rotatable bonds is 4. The van der Waals surface area contributed by atoms with E-state index < -0.39 is 10.0 Å². The summed E-state index contributed by atoms with van der Waals surface area (Å²) in [6, 6.07) is 13.0. The summed E-state index contributed by atoms with van der Waals surface area (Å²) < 4.78 is 28.0. The number of nitrogens with one attached hydrogen (secondary N) is 2. The van der Waals surface area contributed by atoms with Crippen molar-refractivity contribution in [2.45, 2.75) is 30.7 Å². The lowest BCUT2D eigenvalue weighted by atomic mass is 9.94. The Morgan fingerprint density at radius 3 is 2.61 bits per heavy atom. The van der Waals surface area contributed by atoms with E-state index >= 15 is 0 Å². The van der Waals surface area contributed by atoms with Gasteiger partial charge in [-0.25, -0.2) is 13.1 Å². The minimum Gasteiger partial charge on any atom is -0.316 e. The van der Waals surface area contributed by atoms with Crippen LogP contribution in [-0.2, 0) is 10.0 Å². The molecule has 1 aliphatic rings. The number of halogens is 1. The van der Waals surface area contributed by atoms with Gasteiger partial charge in [-0.05, 0) is 61.7 Å². The van der Waals surface area contributed by atoms with Gasteiger partial charge in [-0.3, -0.25) is 0 Å². The second kappa shape index (κ2) is 7.62. The van der Waals surface area contributed by atoms with Gasteiger partial charge in [-0.2, -0.15) is 0 Å². The molecule has 1 aliphatic heterocycles. The van der Waals surface area contributed by atoms with Crippen molar-refractivity contribution in [2.24, 2.45) is 5.92 Å². The van der Waals surface area contributed by atoms with Crippen LogP contribution >= 0.6 is 12.4 Å².